The first-order valence-electron chi connectivity index (χ1n) is 8.16. The summed E-state index contributed by atoms with van der Waals surface area (Å²) < 4.78 is 0. The minimum atomic E-state index is 0. The molecule has 0 aliphatic heterocycles. The van der Waals surface area contributed by atoms with Crippen LogP contribution in [0.3, 0.4) is 0 Å². The van der Waals surface area contributed by atoms with Gasteiger partial charge in [-0.1, -0.05) is 19.4 Å². The van der Waals surface area contributed by atoms with Gasteiger partial charge in [0.1, 0.15) is 5.82 Å². The maximum atomic E-state index is 4.43. The van der Waals surface area contributed by atoms with Crippen molar-refractivity contribution < 1.29 is 0 Å². The van der Waals surface area contributed by atoms with E-state index in [-0.39, 0.29) is 24.0 Å². The summed E-state index contributed by atoms with van der Waals surface area (Å²) in [5.74, 6) is 1.86. The van der Waals surface area contributed by atoms with Crippen LogP contribution in [0.2, 0.25) is 0 Å². The van der Waals surface area contributed by atoms with Gasteiger partial charge in [-0.2, -0.15) is 0 Å². The molecular weight excluding hydrogens is 401 g/mol. The molecule has 0 unspecified atom stereocenters. The van der Waals surface area contributed by atoms with Crippen molar-refractivity contribution in [3.63, 3.8) is 0 Å². The normalized spacial score (nSPS) is 16.1. The number of hydrogen-bond donors (Lipinski definition) is 2. The Balaban J connectivity index is 0.00000264. The quantitative estimate of drug-likeness (QED) is 0.413. The molecule has 1 aromatic heterocycles. The van der Waals surface area contributed by atoms with Crippen molar-refractivity contribution in [1.82, 2.24) is 15.6 Å². The van der Waals surface area contributed by atoms with Gasteiger partial charge >= 0.3 is 0 Å². The first-order valence-corrected chi connectivity index (χ1v) is 8.16. The van der Waals surface area contributed by atoms with E-state index in [1.807, 2.05) is 38.3 Å². The molecule has 6 heteroatoms. The van der Waals surface area contributed by atoms with E-state index in [0.717, 1.165) is 24.9 Å². The molecule has 1 aromatic rings. The Morgan fingerprint density at radius 2 is 2.09 bits per heavy atom. The van der Waals surface area contributed by atoms with Crippen LogP contribution in [0.5, 0.6) is 0 Å². The van der Waals surface area contributed by atoms with Gasteiger partial charge in [0.25, 0.3) is 0 Å². The van der Waals surface area contributed by atoms with Gasteiger partial charge in [-0.15, -0.1) is 24.0 Å². The van der Waals surface area contributed by atoms with E-state index in [1.54, 1.807) is 0 Å². The molecule has 130 valence electrons. The van der Waals surface area contributed by atoms with Crippen molar-refractivity contribution in [2.45, 2.75) is 39.2 Å². The second-order valence-corrected chi connectivity index (χ2v) is 6.37. The number of pyridine rings is 1. The predicted molar refractivity (Wildman–Crippen MR) is 109 cm³/mol. The second kappa shape index (κ2) is 9.30. The fraction of sp³-hybridized carbons (Fsp3) is 0.647. The van der Waals surface area contributed by atoms with E-state index in [0.29, 0.717) is 5.41 Å². The number of rotatable bonds is 6. The third kappa shape index (κ3) is 5.22. The van der Waals surface area contributed by atoms with Gasteiger partial charge in [0.05, 0.1) is 0 Å². The Bertz CT molecular complexity index is 506. The van der Waals surface area contributed by atoms with Crippen LogP contribution in [0, 0.1) is 5.41 Å². The fourth-order valence-corrected chi connectivity index (χ4v) is 2.97. The lowest BCUT2D eigenvalue weighted by atomic mass is 9.67. The molecule has 1 saturated carbocycles. The number of guanidine groups is 1. The maximum absolute atomic E-state index is 4.43. The van der Waals surface area contributed by atoms with Gasteiger partial charge in [0.15, 0.2) is 5.96 Å². The first kappa shape index (κ1) is 20.0. The SMILES string of the molecule is CCC1(CNC(=NC)NCc2cccnc2N(C)C)CCC1.I. The van der Waals surface area contributed by atoms with Crippen LogP contribution >= 0.6 is 24.0 Å². The highest BCUT2D eigenvalue weighted by Crippen LogP contribution is 2.42. The highest BCUT2D eigenvalue weighted by molar-refractivity contribution is 14.0. The minimum absolute atomic E-state index is 0. The van der Waals surface area contributed by atoms with Crippen LogP contribution in [0.15, 0.2) is 23.3 Å². The largest absolute Gasteiger partial charge is 0.362 e. The number of halogens is 1. The summed E-state index contributed by atoms with van der Waals surface area (Å²) in [6.45, 7) is 4.02. The standard InChI is InChI=1S/C17H29N5.HI/c1-5-17(9-7-10-17)13-21-16(18-2)20-12-14-8-6-11-19-15(14)22(3)4;/h6,8,11H,5,7,9-10,12-13H2,1-4H3,(H2,18,20,21);1H. The van der Waals surface area contributed by atoms with E-state index >= 15 is 0 Å². The van der Waals surface area contributed by atoms with E-state index in [2.05, 4.69) is 33.6 Å². The van der Waals surface area contributed by atoms with Crippen LogP contribution in [0.25, 0.3) is 0 Å². The van der Waals surface area contributed by atoms with Crippen LogP contribution in [0.4, 0.5) is 5.82 Å². The zero-order chi connectivity index (χ0) is 16.0. The van der Waals surface area contributed by atoms with Crippen LogP contribution in [-0.2, 0) is 6.54 Å². The lowest BCUT2D eigenvalue weighted by Crippen LogP contribution is -2.46. The molecule has 1 aliphatic carbocycles. The summed E-state index contributed by atoms with van der Waals surface area (Å²) in [5, 5.41) is 6.88. The summed E-state index contributed by atoms with van der Waals surface area (Å²) in [4.78, 5) is 10.8. The lowest BCUT2D eigenvalue weighted by Gasteiger charge is -2.41. The summed E-state index contributed by atoms with van der Waals surface area (Å²) in [7, 11) is 5.85. The molecule has 2 rings (SSSR count). The smallest absolute Gasteiger partial charge is 0.191 e. The third-order valence-corrected chi connectivity index (χ3v) is 4.76. The molecule has 0 spiro atoms. The zero-order valence-corrected chi connectivity index (χ0v) is 17.1. The van der Waals surface area contributed by atoms with Crippen LogP contribution in [0.1, 0.15) is 38.2 Å². The average Bonchev–Trinajstić information content (AvgIpc) is 2.49. The topological polar surface area (TPSA) is 52.6 Å². The van der Waals surface area contributed by atoms with Gasteiger partial charge in [-0.05, 0) is 30.7 Å². The number of anilines is 1. The van der Waals surface area contributed by atoms with Crippen molar-refractivity contribution >= 4 is 35.8 Å². The molecular formula is C17H30IN5. The summed E-state index contributed by atoms with van der Waals surface area (Å²) in [5.41, 5.74) is 1.66. The highest BCUT2D eigenvalue weighted by Gasteiger charge is 2.34. The van der Waals surface area contributed by atoms with Gasteiger partial charge in [-0.25, -0.2) is 4.98 Å². The molecule has 2 N–H and O–H groups in total. The van der Waals surface area contributed by atoms with Gasteiger partial charge < -0.3 is 15.5 Å². The van der Waals surface area contributed by atoms with E-state index in [4.69, 9.17) is 0 Å². The summed E-state index contributed by atoms with van der Waals surface area (Å²) >= 11 is 0. The van der Waals surface area contributed by atoms with Crippen molar-refractivity contribution in [2.24, 2.45) is 10.4 Å². The van der Waals surface area contributed by atoms with Gasteiger partial charge in [0.2, 0.25) is 0 Å². The Labute approximate surface area is 157 Å². The van der Waals surface area contributed by atoms with E-state index in [1.165, 1.54) is 31.2 Å². The highest BCUT2D eigenvalue weighted by atomic mass is 127. The van der Waals surface area contributed by atoms with Crippen molar-refractivity contribution in [3.8, 4) is 0 Å². The molecule has 0 saturated heterocycles. The maximum Gasteiger partial charge on any atom is 0.191 e. The molecule has 23 heavy (non-hydrogen) atoms. The second-order valence-electron chi connectivity index (χ2n) is 6.37. The molecule has 5 nitrogen and oxygen atoms in total. The van der Waals surface area contributed by atoms with Crippen LogP contribution < -0.4 is 15.5 Å². The molecule has 1 aliphatic rings. The summed E-state index contributed by atoms with van der Waals surface area (Å²) in [6.07, 6.45) is 7.10. The minimum Gasteiger partial charge on any atom is -0.362 e. The molecule has 0 amide bonds. The number of nitrogens with zero attached hydrogens (tertiary/aromatic N) is 3. The third-order valence-electron chi connectivity index (χ3n) is 4.76. The van der Waals surface area contributed by atoms with Crippen molar-refractivity contribution in [2.75, 3.05) is 32.6 Å². The number of nitrogens with one attached hydrogen (secondary N) is 2. The van der Waals surface area contributed by atoms with Crippen molar-refractivity contribution in [3.05, 3.63) is 23.9 Å². The molecule has 0 aromatic carbocycles. The lowest BCUT2D eigenvalue weighted by molar-refractivity contribution is 0.131. The number of aliphatic imine (C=N–C) groups is 1. The Hall–Kier alpha value is -1.05. The molecule has 0 bridgehead atoms. The Morgan fingerprint density at radius 1 is 1.35 bits per heavy atom. The van der Waals surface area contributed by atoms with Gasteiger partial charge in [0, 0.05) is 46.0 Å². The number of hydrogen-bond acceptors (Lipinski definition) is 3. The molecule has 1 fully saturated rings. The van der Waals surface area contributed by atoms with E-state index < -0.39 is 0 Å². The summed E-state index contributed by atoms with van der Waals surface area (Å²) in [6, 6.07) is 4.07. The molecule has 0 radical (unpaired) electrons. The van der Waals surface area contributed by atoms with Crippen LogP contribution in [-0.4, -0.2) is 38.6 Å². The Kier molecular flexibility index (Phi) is 8.08. The number of aromatic nitrogens is 1. The fourth-order valence-electron chi connectivity index (χ4n) is 2.97. The van der Waals surface area contributed by atoms with Gasteiger partial charge in [-0.3, -0.25) is 4.99 Å². The predicted octanol–water partition coefficient (Wildman–Crippen LogP) is 3.01. The first-order chi connectivity index (χ1) is 10.6. The van der Waals surface area contributed by atoms with E-state index in [9.17, 15) is 0 Å². The molecule has 1 heterocycles. The zero-order valence-electron chi connectivity index (χ0n) is 14.7. The monoisotopic (exact) mass is 431 g/mol. The Morgan fingerprint density at radius 3 is 2.61 bits per heavy atom. The van der Waals surface area contributed by atoms with Crippen molar-refractivity contribution in [1.29, 1.82) is 0 Å². The average molecular weight is 431 g/mol. The molecule has 0 atom stereocenters.